The molecule has 0 aromatic heterocycles. The van der Waals surface area contributed by atoms with Crippen molar-refractivity contribution in [2.24, 2.45) is 0 Å². The average molecular weight is 344 g/mol. The van der Waals surface area contributed by atoms with E-state index in [1.807, 2.05) is 32.9 Å². The number of benzene rings is 1. The molecule has 6 nitrogen and oxygen atoms in total. The SMILES string of the molecule is Cc1cc(C)c(N(CC(O)CN(C)CCO)S(C)(=O)=O)c(C)c1. The Balaban J connectivity index is 3.09. The molecule has 0 bridgehead atoms. The molecule has 0 aliphatic heterocycles. The Hall–Kier alpha value is -1.15. The number of anilines is 1. The van der Waals surface area contributed by atoms with E-state index in [-0.39, 0.29) is 19.7 Å². The van der Waals surface area contributed by atoms with Crippen LogP contribution in [-0.2, 0) is 10.0 Å². The maximum absolute atomic E-state index is 12.2. The van der Waals surface area contributed by atoms with Crippen molar-refractivity contribution >= 4 is 15.7 Å². The maximum Gasteiger partial charge on any atom is 0.232 e. The second-order valence-corrected chi connectivity index (χ2v) is 8.09. The van der Waals surface area contributed by atoms with Crippen molar-refractivity contribution in [2.45, 2.75) is 26.9 Å². The highest BCUT2D eigenvalue weighted by atomic mass is 32.2. The van der Waals surface area contributed by atoms with Crippen LogP contribution in [0.2, 0.25) is 0 Å². The summed E-state index contributed by atoms with van der Waals surface area (Å²) in [5, 5.41) is 19.2. The van der Waals surface area contributed by atoms with E-state index in [4.69, 9.17) is 5.11 Å². The summed E-state index contributed by atoms with van der Waals surface area (Å²) in [7, 11) is -1.74. The minimum Gasteiger partial charge on any atom is -0.395 e. The Morgan fingerprint density at radius 1 is 1.13 bits per heavy atom. The standard InChI is InChI=1S/C16H28N2O4S/c1-12-8-13(2)16(14(3)9-12)18(23(5,21)22)11-15(20)10-17(4)6-7-19/h8-9,15,19-20H,6-7,10-11H2,1-5H3. The Labute approximate surface area is 139 Å². The van der Waals surface area contributed by atoms with Crippen molar-refractivity contribution in [3.05, 3.63) is 28.8 Å². The van der Waals surface area contributed by atoms with Crippen LogP contribution in [0, 0.1) is 20.8 Å². The number of likely N-dealkylation sites (N-methyl/N-ethyl adjacent to an activating group) is 1. The lowest BCUT2D eigenvalue weighted by Crippen LogP contribution is -2.42. The molecule has 0 aliphatic rings. The fraction of sp³-hybridized carbons (Fsp3) is 0.625. The molecule has 7 heteroatoms. The van der Waals surface area contributed by atoms with E-state index in [0.717, 1.165) is 22.9 Å². The molecule has 1 unspecified atom stereocenters. The summed E-state index contributed by atoms with van der Waals surface area (Å²) in [6, 6.07) is 3.87. The predicted molar refractivity (Wildman–Crippen MR) is 93.4 cm³/mol. The smallest absolute Gasteiger partial charge is 0.232 e. The second kappa shape index (κ2) is 8.10. The fourth-order valence-corrected chi connectivity index (χ4v) is 3.89. The Kier molecular flexibility index (Phi) is 7.01. The summed E-state index contributed by atoms with van der Waals surface area (Å²) in [4.78, 5) is 1.76. The molecular weight excluding hydrogens is 316 g/mol. The van der Waals surface area contributed by atoms with Crippen molar-refractivity contribution in [3.63, 3.8) is 0 Å². The number of aliphatic hydroxyl groups excluding tert-OH is 2. The van der Waals surface area contributed by atoms with Crippen molar-refractivity contribution in [1.82, 2.24) is 4.90 Å². The molecule has 0 spiro atoms. The van der Waals surface area contributed by atoms with Crippen LogP contribution < -0.4 is 4.31 Å². The van der Waals surface area contributed by atoms with Crippen LogP contribution in [0.15, 0.2) is 12.1 Å². The molecule has 2 N–H and O–H groups in total. The van der Waals surface area contributed by atoms with E-state index in [1.54, 1.807) is 11.9 Å². The lowest BCUT2D eigenvalue weighted by Gasteiger charge is -2.29. The quantitative estimate of drug-likeness (QED) is 0.724. The normalized spacial score (nSPS) is 13.4. The van der Waals surface area contributed by atoms with E-state index >= 15 is 0 Å². The first kappa shape index (κ1) is 19.9. The lowest BCUT2D eigenvalue weighted by atomic mass is 10.0. The van der Waals surface area contributed by atoms with Crippen LogP contribution in [0.3, 0.4) is 0 Å². The number of nitrogens with zero attached hydrogens (tertiary/aromatic N) is 2. The van der Waals surface area contributed by atoms with Crippen LogP contribution in [0.5, 0.6) is 0 Å². The molecule has 0 radical (unpaired) electrons. The van der Waals surface area contributed by atoms with E-state index < -0.39 is 16.1 Å². The van der Waals surface area contributed by atoms with Gasteiger partial charge in [0.1, 0.15) is 0 Å². The molecule has 23 heavy (non-hydrogen) atoms. The van der Waals surface area contributed by atoms with Gasteiger partial charge in [-0.3, -0.25) is 4.31 Å². The third-order valence-electron chi connectivity index (χ3n) is 3.67. The van der Waals surface area contributed by atoms with Crippen LogP contribution >= 0.6 is 0 Å². The summed E-state index contributed by atoms with van der Waals surface area (Å²) in [6.45, 7) is 6.41. The van der Waals surface area contributed by atoms with Gasteiger partial charge in [-0.05, 0) is 38.9 Å². The number of rotatable bonds is 8. The third-order valence-corrected chi connectivity index (χ3v) is 4.80. The van der Waals surface area contributed by atoms with E-state index in [9.17, 15) is 13.5 Å². The zero-order valence-corrected chi connectivity index (χ0v) is 15.4. The van der Waals surface area contributed by atoms with Gasteiger partial charge in [0.15, 0.2) is 0 Å². The van der Waals surface area contributed by atoms with E-state index in [2.05, 4.69) is 0 Å². The molecule has 1 aromatic carbocycles. The minimum atomic E-state index is -3.51. The topological polar surface area (TPSA) is 81.1 Å². The third kappa shape index (κ3) is 5.76. The van der Waals surface area contributed by atoms with Crippen LogP contribution in [0.4, 0.5) is 5.69 Å². The molecule has 0 fully saturated rings. The van der Waals surface area contributed by atoms with Crippen molar-refractivity contribution in [1.29, 1.82) is 0 Å². The van der Waals surface area contributed by atoms with Gasteiger partial charge in [0.05, 0.1) is 31.2 Å². The maximum atomic E-state index is 12.2. The van der Waals surface area contributed by atoms with Crippen LogP contribution in [-0.4, -0.2) is 69.2 Å². The molecule has 0 saturated heterocycles. The number of hydrogen-bond acceptors (Lipinski definition) is 5. The monoisotopic (exact) mass is 344 g/mol. The first-order valence-electron chi connectivity index (χ1n) is 7.59. The first-order valence-corrected chi connectivity index (χ1v) is 9.44. The molecule has 0 heterocycles. The minimum absolute atomic E-state index is 0.00477. The van der Waals surface area contributed by atoms with Gasteiger partial charge in [0, 0.05) is 13.1 Å². The molecule has 132 valence electrons. The number of aryl methyl sites for hydroxylation is 3. The molecule has 0 saturated carbocycles. The summed E-state index contributed by atoms with van der Waals surface area (Å²) >= 11 is 0. The van der Waals surface area contributed by atoms with Gasteiger partial charge in [0.2, 0.25) is 10.0 Å². The Bertz CT molecular complexity index is 608. The summed E-state index contributed by atoms with van der Waals surface area (Å²) in [5.74, 6) is 0. The largest absolute Gasteiger partial charge is 0.395 e. The molecule has 0 amide bonds. The summed E-state index contributed by atoms with van der Waals surface area (Å²) in [6.07, 6.45) is 0.303. The number of aliphatic hydroxyl groups is 2. The zero-order valence-electron chi connectivity index (χ0n) is 14.6. The van der Waals surface area contributed by atoms with Crippen molar-refractivity contribution in [3.8, 4) is 0 Å². The van der Waals surface area contributed by atoms with Gasteiger partial charge < -0.3 is 15.1 Å². The first-order chi connectivity index (χ1) is 10.6. The highest BCUT2D eigenvalue weighted by Crippen LogP contribution is 2.28. The van der Waals surface area contributed by atoms with E-state index in [0.29, 0.717) is 12.2 Å². The molecular formula is C16H28N2O4S. The summed E-state index contributed by atoms with van der Waals surface area (Å²) < 4.78 is 25.7. The van der Waals surface area contributed by atoms with Gasteiger partial charge in [-0.15, -0.1) is 0 Å². The highest BCUT2D eigenvalue weighted by Gasteiger charge is 2.24. The molecule has 0 aliphatic carbocycles. The fourth-order valence-electron chi connectivity index (χ4n) is 2.83. The highest BCUT2D eigenvalue weighted by molar-refractivity contribution is 7.92. The van der Waals surface area contributed by atoms with Crippen LogP contribution in [0.1, 0.15) is 16.7 Å². The van der Waals surface area contributed by atoms with Gasteiger partial charge >= 0.3 is 0 Å². The Morgan fingerprint density at radius 2 is 1.65 bits per heavy atom. The van der Waals surface area contributed by atoms with Crippen molar-refractivity contribution < 1.29 is 18.6 Å². The van der Waals surface area contributed by atoms with E-state index in [1.165, 1.54) is 4.31 Å². The average Bonchev–Trinajstić information content (AvgIpc) is 2.35. The summed E-state index contributed by atoms with van der Waals surface area (Å²) in [5.41, 5.74) is 3.43. The molecule has 1 atom stereocenters. The second-order valence-electron chi connectivity index (χ2n) is 6.18. The molecule has 1 rings (SSSR count). The number of sulfonamides is 1. The molecule has 1 aromatic rings. The van der Waals surface area contributed by atoms with Gasteiger partial charge in [-0.1, -0.05) is 17.7 Å². The van der Waals surface area contributed by atoms with Gasteiger partial charge in [0.25, 0.3) is 0 Å². The predicted octanol–water partition coefficient (Wildman–Crippen LogP) is 0.663. The zero-order chi connectivity index (χ0) is 17.8. The van der Waals surface area contributed by atoms with Crippen molar-refractivity contribution in [2.75, 3.05) is 43.8 Å². The Morgan fingerprint density at radius 3 is 2.09 bits per heavy atom. The number of hydrogen-bond donors (Lipinski definition) is 2. The van der Waals surface area contributed by atoms with Crippen LogP contribution in [0.25, 0.3) is 0 Å². The van der Waals surface area contributed by atoms with Gasteiger partial charge in [-0.2, -0.15) is 0 Å². The van der Waals surface area contributed by atoms with Gasteiger partial charge in [-0.25, -0.2) is 8.42 Å². The lowest BCUT2D eigenvalue weighted by molar-refractivity contribution is 0.121.